The van der Waals surface area contributed by atoms with Crippen molar-refractivity contribution < 1.29 is 34.2 Å². The highest BCUT2D eigenvalue weighted by Crippen LogP contribution is 2.51. The first kappa shape index (κ1) is 25.3. The number of thioether (sulfide) groups is 1. The molecule has 2 saturated carbocycles. The van der Waals surface area contributed by atoms with E-state index in [-0.39, 0.29) is 24.2 Å². The van der Waals surface area contributed by atoms with Crippen LogP contribution < -0.4 is 5.73 Å². The van der Waals surface area contributed by atoms with Crippen molar-refractivity contribution in [2.75, 3.05) is 20.4 Å². The maximum absolute atomic E-state index is 13.7. The van der Waals surface area contributed by atoms with Gasteiger partial charge in [0.25, 0.3) is 0 Å². The van der Waals surface area contributed by atoms with Gasteiger partial charge in [-0.25, -0.2) is 0 Å². The Bertz CT molecular complexity index is 1150. The summed E-state index contributed by atoms with van der Waals surface area (Å²) in [7, 11) is 3.12. The van der Waals surface area contributed by atoms with E-state index in [1.165, 1.54) is 16.7 Å². The van der Waals surface area contributed by atoms with Crippen LogP contribution in [-0.2, 0) is 31.4 Å². The Morgan fingerprint density at radius 2 is 1.91 bits per heavy atom. The van der Waals surface area contributed by atoms with Crippen LogP contribution >= 0.6 is 34.4 Å². The molecule has 182 valence electrons. The normalized spacial score (nSPS) is 32.9. The van der Waals surface area contributed by atoms with Gasteiger partial charge < -0.3 is 15.9 Å². The van der Waals surface area contributed by atoms with Crippen molar-refractivity contribution in [3.8, 4) is 5.75 Å². The first-order chi connectivity index (χ1) is 15.9. The molecule has 11 heteroatoms. The molecule has 1 amide bonds. The van der Waals surface area contributed by atoms with Crippen molar-refractivity contribution in [3.05, 3.63) is 26.3 Å². The summed E-state index contributed by atoms with van der Waals surface area (Å²) in [5, 5.41) is 22.4. The summed E-state index contributed by atoms with van der Waals surface area (Å²) in [6.45, 7) is 0. The molecule has 0 heterocycles. The molecule has 9 nitrogen and oxygen atoms in total. The zero-order valence-corrected chi connectivity index (χ0v) is 21.8. The second kappa shape index (κ2) is 8.68. The third kappa shape index (κ3) is 3.38. The molecular weight excluding hydrogens is 575 g/mol. The van der Waals surface area contributed by atoms with Crippen molar-refractivity contribution in [1.29, 1.82) is 0 Å². The number of ketones is 4. The first-order valence-corrected chi connectivity index (χ1v) is 13.2. The van der Waals surface area contributed by atoms with Crippen LogP contribution in [0.2, 0.25) is 0 Å². The highest BCUT2D eigenvalue weighted by Gasteiger charge is 2.69. The topological polar surface area (TPSA) is 155 Å². The van der Waals surface area contributed by atoms with Crippen LogP contribution in [0.1, 0.15) is 27.9 Å². The molecule has 0 radical (unpaired) electrons. The number of likely N-dealkylation sites (N-methyl/N-ethyl adjacent to an activating group) is 1. The first-order valence-electron chi connectivity index (χ1n) is 10.7. The molecular formula is C23H25IN2O7S. The highest BCUT2D eigenvalue weighted by atomic mass is 127. The number of halogens is 1. The molecule has 3 aliphatic carbocycles. The monoisotopic (exact) mass is 600 g/mol. The number of carbonyl (C=O) groups excluding carboxylic acids is 5. The zero-order valence-electron chi connectivity index (χ0n) is 18.8. The van der Waals surface area contributed by atoms with Crippen LogP contribution in [0, 0.1) is 27.2 Å². The van der Waals surface area contributed by atoms with Gasteiger partial charge in [-0.2, -0.15) is 11.8 Å². The van der Waals surface area contributed by atoms with Crippen molar-refractivity contribution >= 4 is 63.4 Å². The third-order valence-electron chi connectivity index (χ3n) is 7.39. The van der Waals surface area contributed by atoms with Gasteiger partial charge in [-0.05, 0) is 73.3 Å². The molecule has 5 unspecified atom stereocenters. The Morgan fingerprint density at radius 1 is 1.26 bits per heavy atom. The van der Waals surface area contributed by atoms with Crippen LogP contribution in [0.4, 0.5) is 0 Å². The lowest BCUT2D eigenvalue weighted by Crippen LogP contribution is -2.74. The number of benzene rings is 1. The van der Waals surface area contributed by atoms with Gasteiger partial charge in [-0.1, -0.05) is 0 Å². The Labute approximate surface area is 213 Å². The predicted octanol–water partition coefficient (Wildman–Crippen LogP) is 0.335. The number of primary amides is 1. The van der Waals surface area contributed by atoms with Gasteiger partial charge in [0, 0.05) is 20.8 Å². The summed E-state index contributed by atoms with van der Waals surface area (Å²) in [6.07, 6.45) is 2.18. The van der Waals surface area contributed by atoms with E-state index in [0.29, 0.717) is 16.9 Å². The molecule has 0 bridgehead atoms. The number of nitrogens with zero attached hydrogens (tertiary/aromatic N) is 1. The Kier molecular flexibility index (Phi) is 6.45. The van der Waals surface area contributed by atoms with Gasteiger partial charge in [0.1, 0.15) is 5.75 Å². The summed E-state index contributed by atoms with van der Waals surface area (Å²) < 4.78 is 0.781. The minimum atomic E-state index is -2.70. The Morgan fingerprint density at radius 3 is 2.47 bits per heavy atom. The Balaban J connectivity index is 1.87. The number of phenolic OH excluding ortho intramolecular Hbond substituents is 1. The number of hydrogen-bond acceptors (Lipinski definition) is 9. The largest absolute Gasteiger partial charge is 0.507 e. The summed E-state index contributed by atoms with van der Waals surface area (Å²) in [4.78, 5) is 67.1. The summed E-state index contributed by atoms with van der Waals surface area (Å²) in [6, 6.07) is 0.714. The minimum absolute atomic E-state index is 0.0440. The number of hydrogen-bond donors (Lipinski definition) is 3. The molecule has 1 aromatic rings. The lowest BCUT2D eigenvalue weighted by Gasteiger charge is -2.52. The smallest absolute Gasteiger partial charge is 0.235 e. The van der Waals surface area contributed by atoms with E-state index in [1.807, 2.05) is 12.3 Å². The average Bonchev–Trinajstić information content (AvgIpc) is 2.74. The summed E-state index contributed by atoms with van der Waals surface area (Å²) in [5.41, 5.74) is 3.84. The van der Waals surface area contributed by atoms with Crippen LogP contribution in [0.5, 0.6) is 5.75 Å². The molecule has 4 N–H and O–H groups in total. The molecule has 0 aliphatic heterocycles. The molecule has 3 aliphatic rings. The van der Waals surface area contributed by atoms with Crippen LogP contribution in [-0.4, -0.2) is 76.1 Å². The average molecular weight is 600 g/mol. The van der Waals surface area contributed by atoms with Gasteiger partial charge in [0.15, 0.2) is 34.7 Å². The fourth-order valence-electron chi connectivity index (χ4n) is 5.94. The molecule has 34 heavy (non-hydrogen) atoms. The summed E-state index contributed by atoms with van der Waals surface area (Å²) >= 11 is 3.57. The SMILES string of the molecule is CSCc1cc(I)c2c(c1O)C(=O)C1C(=O)[C@]3(O)C(=O)C(C(N)=O)C(=O)C(N(C)C)C3CC1C2. The van der Waals surface area contributed by atoms with E-state index >= 15 is 0 Å². The second-order valence-electron chi connectivity index (χ2n) is 9.44. The number of amides is 1. The lowest BCUT2D eigenvalue weighted by molar-refractivity contribution is -0.181. The summed E-state index contributed by atoms with van der Waals surface area (Å²) in [5.74, 6) is -9.68. The molecule has 4 rings (SSSR count). The highest BCUT2D eigenvalue weighted by molar-refractivity contribution is 14.1. The quantitative estimate of drug-likeness (QED) is 0.328. The number of phenols is 1. The maximum atomic E-state index is 13.7. The zero-order chi connectivity index (χ0) is 25.3. The minimum Gasteiger partial charge on any atom is -0.507 e. The standard InChI is InChI=1S/C23H25IN2O7S/c1-26(2)16-11-5-8-4-10-12(24)6-9(7-34-3)17(27)14(10)18(28)13(8)20(30)23(11,33)21(31)15(19(16)29)22(25)32/h6,8,11,13,15-16,27,33H,4-5,7H2,1-3H3,(H2,25,32)/t8?,11?,13?,15?,16?,23-/m0/s1. The number of aromatic hydroxyl groups is 1. The number of rotatable bonds is 4. The van der Waals surface area contributed by atoms with Crippen molar-refractivity contribution in [3.63, 3.8) is 0 Å². The maximum Gasteiger partial charge on any atom is 0.235 e. The van der Waals surface area contributed by atoms with Gasteiger partial charge in [0.05, 0.1) is 17.5 Å². The van der Waals surface area contributed by atoms with E-state index in [9.17, 15) is 34.2 Å². The van der Waals surface area contributed by atoms with Gasteiger partial charge >= 0.3 is 0 Å². The fourth-order valence-corrected chi connectivity index (χ4v) is 7.34. The number of fused-ring (bicyclic) bond motifs is 3. The van der Waals surface area contributed by atoms with Gasteiger partial charge in [0.2, 0.25) is 5.91 Å². The van der Waals surface area contributed by atoms with Crippen molar-refractivity contribution in [2.24, 2.45) is 29.4 Å². The third-order valence-corrected chi connectivity index (χ3v) is 8.95. The van der Waals surface area contributed by atoms with E-state index < -0.39 is 64.4 Å². The molecule has 0 saturated heterocycles. The van der Waals surface area contributed by atoms with E-state index in [2.05, 4.69) is 22.6 Å². The number of Topliss-reactive ketones (excluding diaryl/α,β-unsaturated/α-hetero) is 4. The van der Waals surface area contributed by atoms with Crippen molar-refractivity contribution in [1.82, 2.24) is 4.90 Å². The molecule has 2 fully saturated rings. The van der Waals surface area contributed by atoms with Gasteiger partial charge in [-0.3, -0.25) is 28.9 Å². The molecule has 0 spiro atoms. The van der Waals surface area contributed by atoms with Gasteiger partial charge in [-0.15, -0.1) is 0 Å². The second-order valence-corrected chi connectivity index (χ2v) is 11.5. The van der Waals surface area contributed by atoms with E-state index in [1.54, 1.807) is 14.1 Å². The van der Waals surface area contributed by atoms with E-state index in [4.69, 9.17) is 5.73 Å². The van der Waals surface area contributed by atoms with Crippen LogP contribution in [0.3, 0.4) is 0 Å². The molecule has 0 aromatic heterocycles. The number of nitrogens with two attached hydrogens (primary N) is 1. The number of carbonyl (C=O) groups is 5. The van der Waals surface area contributed by atoms with Crippen molar-refractivity contribution in [2.45, 2.75) is 30.2 Å². The Hall–Kier alpha value is -1.83. The fraction of sp³-hybridized carbons (Fsp3) is 0.522. The lowest BCUT2D eigenvalue weighted by atomic mass is 9.52. The number of aliphatic hydroxyl groups is 1. The molecule has 6 atom stereocenters. The predicted molar refractivity (Wildman–Crippen MR) is 131 cm³/mol. The van der Waals surface area contributed by atoms with E-state index in [0.717, 1.165) is 3.57 Å². The molecule has 1 aromatic carbocycles. The van der Waals surface area contributed by atoms with Crippen LogP contribution in [0.15, 0.2) is 6.07 Å². The van der Waals surface area contributed by atoms with Crippen LogP contribution in [0.25, 0.3) is 0 Å².